The number of aromatic nitrogens is 5. The van der Waals surface area contributed by atoms with Crippen LogP contribution in [0, 0.1) is 0 Å². The molecule has 5 rings (SSSR count). The molecule has 4 heterocycles. The van der Waals surface area contributed by atoms with Crippen molar-refractivity contribution in [3.63, 3.8) is 0 Å². The molecule has 1 unspecified atom stereocenters. The van der Waals surface area contributed by atoms with Gasteiger partial charge in [-0.2, -0.15) is 0 Å². The molecule has 0 spiro atoms. The molecule has 0 bridgehead atoms. The van der Waals surface area contributed by atoms with E-state index in [4.69, 9.17) is 4.42 Å². The predicted molar refractivity (Wildman–Crippen MR) is 101 cm³/mol. The van der Waals surface area contributed by atoms with Gasteiger partial charge >= 0.3 is 0 Å². The van der Waals surface area contributed by atoms with Crippen molar-refractivity contribution in [1.29, 1.82) is 0 Å². The second-order valence-electron chi connectivity index (χ2n) is 6.86. The smallest absolute Gasteiger partial charge is 0.272 e. The van der Waals surface area contributed by atoms with E-state index in [1.807, 2.05) is 41.3 Å². The monoisotopic (exact) mass is 374 g/mol. The van der Waals surface area contributed by atoms with Crippen molar-refractivity contribution in [3.05, 3.63) is 66.7 Å². The van der Waals surface area contributed by atoms with Gasteiger partial charge in [-0.05, 0) is 37.1 Å². The van der Waals surface area contributed by atoms with E-state index in [1.54, 1.807) is 23.3 Å². The van der Waals surface area contributed by atoms with E-state index in [0.717, 1.165) is 23.9 Å². The summed E-state index contributed by atoms with van der Waals surface area (Å²) in [7, 11) is 0. The summed E-state index contributed by atoms with van der Waals surface area (Å²) in [5.74, 6) is 1.31. The lowest BCUT2D eigenvalue weighted by Gasteiger charge is -2.31. The minimum atomic E-state index is -0.0873. The van der Waals surface area contributed by atoms with Crippen LogP contribution in [-0.4, -0.2) is 48.6 Å². The summed E-state index contributed by atoms with van der Waals surface area (Å²) >= 11 is 0. The first-order valence-electron chi connectivity index (χ1n) is 9.25. The summed E-state index contributed by atoms with van der Waals surface area (Å²) in [5, 5.41) is 7.57. The van der Waals surface area contributed by atoms with Crippen molar-refractivity contribution in [3.8, 4) is 5.82 Å². The van der Waals surface area contributed by atoms with Crippen molar-refractivity contribution >= 4 is 17.0 Å². The van der Waals surface area contributed by atoms with Crippen LogP contribution < -0.4 is 0 Å². The van der Waals surface area contributed by atoms with Gasteiger partial charge in [0.25, 0.3) is 5.91 Å². The molecule has 0 N–H and O–H groups in total. The van der Waals surface area contributed by atoms with Crippen molar-refractivity contribution in [2.75, 3.05) is 13.1 Å². The number of oxazole rings is 1. The number of hydrogen-bond donors (Lipinski definition) is 0. The standard InChI is InChI=1S/C20H18N6O2/c27-20(16-7-3-9-18(23-16)26-12-21-22-13-26)25-10-4-5-14(11-25)19-24-15-6-1-2-8-17(15)28-19/h1-3,6-9,12-14H,4-5,10-11H2. The maximum atomic E-state index is 13.0. The number of benzene rings is 1. The third-order valence-corrected chi connectivity index (χ3v) is 5.01. The molecular formula is C20H18N6O2. The van der Waals surface area contributed by atoms with Gasteiger partial charge in [-0.25, -0.2) is 9.97 Å². The first-order valence-corrected chi connectivity index (χ1v) is 9.25. The molecule has 0 radical (unpaired) electrons. The van der Waals surface area contributed by atoms with Crippen LogP contribution in [0.2, 0.25) is 0 Å². The Bertz CT molecular complexity index is 1090. The first-order chi connectivity index (χ1) is 13.8. The van der Waals surface area contributed by atoms with Crippen molar-refractivity contribution in [1.82, 2.24) is 29.6 Å². The Hall–Kier alpha value is -3.55. The summed E-state index contributed by atoms with van der Waals surface area (Å²) in [6.45, 7) is 1.28. The Balaban J connectivity index is 1.37. The zero-order chi connectivity index (χ0) is 18.9. The van der Waals surface area contributed by atoms with E-state index in [-0.39, 0.29) is 11.8 Å². The summed E-state index contributed by atoms with van der Waals surface area (Å²) in [4.78, 5) is 24.0. The summed E-state index contributed by atoms with van der Waals surface area (Å²) in [5.41, 5.74) is 2.04. The zero-order valence-corrected chi connectivity index (χ0v) is 15.1. The van der Waals surface area contributed by atoms with Crippen LogP contribution in [-0.2, 0) is 0 Å². The number of carbonyl (C=O) groups excluding carboxylic acids is 1. The van der Waals surface area contributed by atoms with Crippen LogP contribution >= 0.6 is 0 Å². The van der Waals surface area contributed by atoms with Crippen molar-refractivity contribution < 1.29 is 9.21 Å². The highest BCUT2D eigenvalue weighted by molar-refractivity contribution is 5.92. The van der Waals surface area contributed by atoms with Gasteiger partial charge in [0.05, 0.1) is 5.92 Å². The number of rotatable bonds is 3. The molecule has 28 heavy (non-hydrogen) atoms. The zero-order valence-electron chi connectivity index (χ0n) is 15.1. The Morgan fingerprint density at radius 2 is 1.89 bits per heavy atom. The molecule has 0 saturated carbocycles. The number of amides is 1. The second kappa shape index (κ2) is 6.88. The van der Waals surface area contributed by atoms with Gasteiger partial charge in [-0.1, -0.05) is 18.2 Å². The summed E-state index contributed by atoms with van der Waals surface area (Å²) < 4.78 is 7.60. The Morgan fingerprint density at radius 3 is 2.75 bits per heavy atom. The van der Waals surface area contributed by atoms with Crippen LogP contribution in [0.4, 0.5) is 0 Å². The number of pyridine rings is 1. The average Bonchev–Trinajstić information content (AvgIpc) is 3.43. The van der Waals surface area contributed by atoms with Crippen LogP contribution in [0.1, 0.15) is 35.1 Å². The second-order valence-corrected chi connectivity index (χ2v) is 6.86. The quantitative estimate of drug-likeness (QED) is 0.548. The van der Waals surface area contributed by atoms with Gasteiger partial charge in [-0.15, -0.1) is 10.2 Å². The molecule has 1 amide bonds. The molecular weight excluding hydrogens is 356 g/mol. The minimum absolute atomic E-state index is 0.0873. The maximum Gasteiger partial charge on any atom is 0.272 e. The average molecular weight is 374 g/mol. The molecule has 1 saturated heterocycles. The molecule has 0 aliphatic carbocycles. The van der Waals surface area contributed by atoms with E-state index < -0.39 is 0 Å². The third kappa shape index (κ3) is 3.02. The molecule has 1 atom stereocenters. The lowest BCUT2D eigenvalue weighted by Crippen LogP contribution is -2.39. The molecule has 1 aliphatic rings. The third-order valence-electron chi connectivity index (χ3n) is 5.01. The highest BCUT2D eigenvalue weighted by Crippen LogP contribution is 2.29. The predicted octanol–water partition coefficient (Wildman–Crippen LogP) is 2.82. The van der Waals surface area contributed by atoms with Gasteiger partial charge in [0, 0.05) is 13.1 Å². The topological polar surface area (TPSA) is 89.9 Å². The fourth-order valence-corrected chi connectivity index (χ4v) is 3.60. The first kappa shape index (κ1) is 16.6. The Labute approximate surface area is 160 Å². The van der Waals surface area contributed by atoms with E-state index in [2.05, 4.69) is 20.2 Å². The molecule has 8 heteroatoms. The van der Waals surface area contributed by atoms with Gasteiger partial charge < -0.3 is 9.32 Å². The number of fused-ring (bicyclic) bond motifs is 1. The van der Waals surface area contributed by atoms with Crippen LogP contribution in [0.15, 0.2) is 59.5 Å². The van der Waals surface area contributed by atoms with Crippen LogP contribution in [0.5, 0.6) is 0 Å². The largest absolute Gasteiger partial charge is 0.440 e. The molecule has 1 aromatic carbocycles. The lowest BCUT2D eigenvalue weighted by molar-refractivity contribution is 0.0693. The number of likely N-dealkylation sites (tertiary alicyclic amines) is 1. The highest BCUT2D eigenvalue weighted by Gasteiger charge is 2.29. The number of hydrogen-bond acceptors (Lipinski definition) is 6. The number of carbonyl (C=O) groups is 1. The van der Waals surface area contributed by atoms with Gasteiger partial charge in [0.15, 0.2) is 11.5 Å². The fourth-order valence-electron chi connectivity index (χ4n) is 3.60. The van der Waals surface area contributed by atoms with E-state index in [9.17, 15) is 4.79 Å². The SMILES string of the molecule is O=C(c1cccc(-n2cnnc2)n1)N1CCCC(c2nc3ccccc3o2)C1. The Kier molecular flexibility index (Phi) is 4.08. The maximum absolute atomic E-state index is 13.0. The highest BCUT2D eigenvalue weighted by atomic mass is 16.3. The Morgan fingerprint density at radius 1 is 1.04 bits per heavy atom. The minimum Gasteiger partial charge on any atom is -0.440 e. The molecule has 8 nitrogen and oxygen atoms in total. The molecule has 3 aromatic heterocycles. The molecule has 140 valence electrons. The van der Waals surface area contributed by atoms with Gasteiger partial charge in [0.1, 0.15) is 29.7 Å². The summed E-state index contributed by atoms with van der Waals surface area (Å²) in [6, 6.07) is 13.1. The normalized spacial score (nSPS) is 17.1. The number of nitrogens with zero attached hydrogens (tertiary/aromatic N) is 6. The lowest BCUT2D eigenvalue weighted by atomic mass is 9.97. The van der Waals surface area contributed by atoms with Crippen LogP contribution in [0.3, 0.4) is 0 Å². The fraction of sp³-hybridized carbons (Fsp3) is 0.250. The molecule has 1 aliphatic heterocycles. The van der Waals surface area contributed by atoms with Crippen molar-refractivity contribution in [2.24, 2.45) is 0 Å². The van der Waals surface area contributed by atoms with Crippen molar-refractivity contribution in [2.45, 2.75) is 18.8 Å². The summed E-state index contributed by atoms with van der Waals surface area (Å²) in [6.07, 6.45) is 4.96. The molecule has 1 fully saturated rings. The number of para-hydroxylation sites is 2. The van der Waals surface area contributed by atoms with Crippen LogP contribution in [0.25, 0.3) is 16.9 Å². The number of piperidine rings is 1. The van der Waals surface area contributed by atoms with Gasteiger partial charge in [0.2, 0.25) is 0 Å². The molecule has 4 aromatic rings. The van der Waals surface area contributed by atoms with Gasteiger partial charge in [-0.3, -0.25) is 9.36 Å². The van der Waals surface area contributed by atoms with E-state index >= 15 is 0 Å². The van der Waals surface area contributed by atoms with E-state index in [0.29, 0.717) is 30.5 Å². The van der Waals surface area contributed by atoms with E-state index in [1.165, 1.54) is 0 Å².